The highest BCUT2D eigenvalue weighted by Gasteiger charge is 2.26. The summed E-state index contributed by atoms with van der Waals surface area (Å²) in [6, 6.07) is 30.2. The third-order valence-corrected chi connectivity index (χ3v) is 14.6. The molecule has 4 heterocycles. The summed E-state index contributed by atoms with van der Waals surface area (Å²) < 4.78 is 23.1. The van der Waals surface area contributed by atoms with Crippen LogP contribution in [0.2, 0.25) is 0 Å². The first-order valence-electron chi connectivity index (χ1n) is 23.0. The molecule has 0 atom stereocenters. The molecule has 0 spiro atoms. The van der Waals surface area contributed by atoms with Crippen LogP contribution in [0.25, 0.3) is 75.9 Å². The highest BCUT2D eigenvalue weighted by molar-refractivity contribution is 7.19. The number of aromatic nitrogens is 4. The summed E-state index contributed by atoms with van der Waals surface area (Å²) in [5.41, 5.74) is 14.0. The molecule has 0 radical (unpaired) electrons. The molecule has 0 aliphatic rings. The number of unbranched alkanes of at least 4 members (excludes halogenated alkanes) is 10. The number of nitrogens with zero attached hydrogens (tertiary/aromatic N) is 4. The predicted octanol–water partition coefficient (Wildman–Crippen LogP) is 16.8. The number of rotatable bonds is 21. The van der Waals surface area contributed by atoms with E-state index in [-0.39, 0.29) is 0 Å². The van der Waals surface area contributed by atoms with Crippen LogP contribution in [0.4, 0.5) is 0 Å². The molecule has 8 rings (SSSR count). The maximum atomic E-state index is 6.88. The quantitative estimate of drug-likeness (QED) is 0.0669. The van der Waals surface area contributed by atoms with Crippen molar-refractivity contribution in [3.05, 3.63) is 106 Å². The van der Waals surface area contributed by atoms with E-state index in [2.05, 4.69) is 126 Å². The molecular formula is C54H60N4O2S3. The largest absolute Gasteiger partial charge is 0.494 e. The van der Waals surface area contributed by atoms with Gasteiger partial charge in [0.15, 0.2) is 0 Å². The number of aryl methyl sites for hydroxylation is 3. The van der Waals surface area contributed by atoms with Crippen LogP contribution in [-0.2, 0) is 0 Å². The Morgan fingerprint density at radius 3 is 1.81 bits per heavy atom. The molecule has 0 aliphatic carbocycles. The van der Waals surface area contributed by atoms with Gasteiger partial charge in [-0.2, -0.15) is 8.75 Å². The lowest BCUT2D eigenvalue weighted by atomic mass is 9.98. The maximum Gasteiger partial charge on any atom is 0.133 e. The van der Waals surface area contributed by atoms with Crippen LogP contribution in [0.3, 0.4) is 0 Å². The lowest BCUT2D eigenvalue weighted by Gasteiger charge is -2.17. The van der Waals surface area contributed by atoms with E-state index in [0.29, 0.717) is 13.2 Å². The molecule has 326 valence electrons. The summed E-state index contributed by atoms with van der Waals surface area (Å²) in [6.07, 6.45) is 14.6. The van der Waals surface area contributed by atoms with Crippen LogP contribution in [0.1, 0.15) is 112 Å². The van der Waals surface area contributed by atoms with Crippen LogP contribution >= 0.6 is 34.4 Å². The number of hydrogen-bond acceptors (Lipinski definition) is 9. The van der Waals surface area contributed by atoms with Gasteiger partial charge in [0.05, 0.1) is 52.9 Å². The topological polar surface area (TPSA) is 70.0 Å². The lowest BCUT2D eigenvalue weighted by Crippen LogP contribution is -2.02. The monoisotopic (exact) mass is 892 g/mol. The Morgan fingerprint density at radius 2 is 1.11 bits per heavy atom. The molecule has 8 aromatic rings. The summed E-state index contributed by atoms with van der Waals surface area (Å²) in [4.78, 5) is 15.8. The smallest absolute Gasteiger partial charge is 0.133 e. The summed E-state index contributed by atoms with van der Waals surface area (Å²) in [5, 5.41) is 0. The fourth-order valence-corrected chi connectivity index (χ4v) is 11.1. The Morgan fingerprint density at radius 1 is 0.508 bits per heavy atom. The summed E-state index contributed by atoms with van der Waals surface area (Å²) in [5.74, 6) is 1.78. The van der Waals surface area contributed by atoms with Gasteiger partial charge in [-0.3, -0.25) is 0 Å². The molecule has 63 heavy (non-hydrogen) atoms. The standard InChI is InChI=1S/C54H60N4O2S3/c1-7-9-11-13-15-17-31-59-41-24-20-23-40(34-41)50-49(39-22-19-21-35(3)33-39)56-51-42(27-25-36(4)48(51)55-50)43-29-30-45(62-43)47-53-52(57-63-58-53)46(44-28-26-37(5)61-44)38(6)54(47)60-32-18-16-14-12-10-8-2/h19-30,33-34H,7-18,31-32H2,1-6H3. The fourth-order valence-electron chi connectivity index (χ4n) is 8.52. The fraction of sp³-hybridized carbons (Fsp3) is 0.370. The first-order chi connectivity index (χ1) is 30.8. The van der Waals surface area contributed by atoms with Crippen LogP contribution in [0, 0.1) is 27.7 Å². The molecule has 0 bridgehead atoms. The maximum absolute atomic E-state index is 6.88. The highest BCUT2D eigenvalue weighted by Crippen LogP contribution is 2.50. The highest BCUT2D eigenvalue weighted by atomic mass is 32.1. The van der Waals surface area contributed by atoms with E-state index in [1.54, 1.807) is 22.7 Å². The average molecular weight is 893 g/mol. The number of fused-ring (bicyclic) bond motifs is 2. The van der Waals surface area contributed by atoms with Crippen molar-refractivity contribution in [1.29, 1.82) is 0 Å². The second-order valence-corrected chi connectivity index (χ2v) is 19.8. The van der Waals surface area contributed by atoms with Crippen molar-refractivity contribution >= 4 is 56.5 Å². The first kappa shape index (κ1) is 44.6. The van der Waals surface area contributed by atoms with E-state index in [1.165, 1.54) is 91.3 Å². The van der Waals surface area contributed by atoms with Crippen molar-refractivity contribution in [2.75, 3.05) is 13.2 Å². The molecule has 6 nitrogen and oxygen atoms in total. The van der Waals surface area contributed by atoms with Gasteiger partial charge in [0.1, 0.15) is 22.5 Å². The van der Waals surface area contributed by atoms with Crippen LogP contribution in [-0.4, -0.2) is 31.9 Å². The predicted molar refractivity (Wildman–Crippen MR) is 270 cm³/mol. The van der Waals surface area contributed by atoms with Gasteiger partial charge in [-0.05, 0) is 88.6 Å². The minimum Gasteiger partial charge on any atom is -0.494 e. The van der Waals surface area contributed by atoms with Gasteiger partial charge < -0.3 is 9.47 Å². The van der Waals surface area contributed by atoms with Crippen LogP contribution in [0.15, 0.2) is 84.9 Å². The first-order valence-corrected chi connectivity index (χ1v) is 25.4. The molecule has 0 aliphatic heterocycles. The zero-order valence-electron chi connectivity index (χ0n) is 37.8. The van der Waals surface area contributed by atoms with E-state index < -0.39 is 0 Å². The van der Waals surface area contributed by atoms with E-state index in [1.807, 2.05) is 0 Å². The molecule has 0 saturated heterocycles. The van der Waals surface area contributed by atoms with Crippen LogP contribution < -0.4 is 9.47 Å². The van der Waals surface area contributed by atoms with Gasteiger partial charge in [0.25, 0.3) is 0 Å². The third-order valence-electron chi connectivity index (χ3n) is 11.9. The molecule has 0 unspecified atom stereocenters. The third kappa shape index (κ3) is 10.2. The zero-order valence-corrected chi connectivity index (χ0v) is 40.3. The minimum atomic E-state index is 0.667. The van der Waals surface area contributed by atoms with E-state index in [0.717, 1.165) is 106 Å². The van der Waals surface area contributed by atoms with Crippen LogP contribution in [0.5, 0.6) is 11.5 Å². The SMILES string of the molecule is CCCCCCCCOc1cccc(-c2nc3c(C)ccc(-c4ccc(-c5c(OCCCCCCCC)c(C)c(-c6ccc(C)s6)c6nsnc56)s4)c3nc2-c2cccc(C)c2)c1. The average Bonchev–Trinajstić information content (AvgIpc) is 4.08. The number of ether oxygens (including phenoxy) is 2. The zero-order chi connectivity index (χ0) is 43.7. The second-order valence-electron chi connectivity index (χ2n) is 16.9. The van der Waals surface area contributed by atoms with Crippen molar-refractivity contribution in [3.8, 4) is 65.3 Å². The molecule has 4 aromatic heterocycles. The van der Waals surface area contributed by atoms with Crippen molar-refractivity contribution in [2.45, 2.75) is 119 Å². The van der Waals surface area contributed by atoms with Gasteiger partial charge in [-0.1, -0.05) is 126 Å². The molecule has 4 aromatic carbocycles. The molecule has 0 N–H and O–H groups in total. The van der Waals surface area contributed by atoms with Crippen molar-refractivity contribution in [3.63, 3.8) is 0 Å². The summed E-state index contributed by atoms with van der Waals surface area (Å²) >= 11 is 4.83. The molecule has 0 saturated carbocycles. The van der Waals surface area contributed by atoms with Gasteiger partial charge in [0, 0.05) is 47.3 Å². The molecule has 9 heteroatoms. The van der Waals surface area contributed by atoms with Gasteiger partial charge >= 0.3 is 0 Å². The van der Waals surface area contributed by atoms with Crippen molar-refractivity contribution in [2.24, 2.45) is 0 Å². The van der Waals surface area contributed by atoms with Crippen molar-refractivity contribution in [1.82, 2.24) is 18.7 Å². The van der Waals surface area contributed by atoms with Gasteiger partial charge in [0.2, 0.25) is 0 Å². The molecular weight excluding hydrogens is 833 g/mol. The van der Waals surface area contributed by atoms with E-state index >= 15 is 0 Å². The minimum absolute atomic E-state index is 0.667. The Kier molecular flexibility index (Phi) is 15.0. The van der Waals surface area contributed by atoms with Crippen molar-refractivity contribution < 1.29 is 9.47 Å². The number of thiophene rings is 2. The normalized spacial score (nSPS) is 11.6. The Balaban J connectivity index is 1.19. The van der Waals surface area contributed by atoms with Gasteiger partial charge in [-0.25, -0.2) is 9.97 Å². The summed E-state index contributed by atoms with van der Waals surface area (Å²) in [6.45, 7) is 14.5. The molecule has 0 fully saturated rings. The Labute approximate surface area is 386 Å². The van der Waals surface area contributed by atoms with Gasteiger partial charge in [-0.15, -0.1) is 22.7 Å². The Hall–Kier alpha value is -4.96. The number of hydrogen-bond donors (Lipinski definition) is 0. The second kappa shape index (κ2) is 21.1. The van der Waals surface area contributed by atoms with E-state index in [9.17, 15) is 0 Å². The summed E-state index contributed by atoms with van der Waals surface area (Å²) in [7, 11) is 0. The lowest BCUT2D eigenvalue weighted by molar-refractivity contribution is 0.304. The molecule has 0 amide bonds. The number of benzene rings is 4. The van der Waals surface area contributed by atoms with E-state index in [4.69, 9.17) is 28.2 Å². The Bertz CT molecular complexity index is 2800.